The number of aromatic nitrogens is 2. The van der Waals surface area contributed by atoms with Crippen molar-refractivity contribution in [3.05, 3.63) is 23.3 Å². The van der Waals surface area contributed by atoms with Gasteiger partial charge in [-0.2, -0.15) is 0 Å². The van der Waals surface area contributed by atoms with Gasteiger partial charge in [0.25, 0.3) is 5.91 Å². The van der Waals surface area contributed by atoms with Crippen LogP contribution in [0.5, 0.6) is 0 Å². The number of hydrogen-bond acceptors (Lipinski definition) is 5. The van der Waals surface area contributed by atoms with E-state index in [0.717, 1.165) is 18.5 Å². The number of aryl methyl sites for hydroxylation is 1. The molecule has 1 aliphatic heterocycles. The van der Waals surface area contributed by atoms with Gasteiger partial charge in [0.1, 0.15) is 11.5 Å². The Hall–Kier alpha value is -1.54. The van der Waals surface area contributed by atoms with Crippen LogP contribution < -0.4 is 0 Å². The summed E-state index contributed by atoms with van der Waals surface area (Å²) in [6, 6.07) is 1.72. The Balaban J connectivity index is 2.15. The largest absolute Gasteiger partial charge is 0.343 e. The molecule has 7 nitrogen and oxygen atoms in total. The highest BCUT2D eigenvalue weighted by Crippen LogP contribution is 2.22. The summed E-state index contributed by atoms with van der Waals surface area (Å²) in [6.45, 7) is 2.86. The van der Waals surface area contributed by atoms with Crippen LogP contribution in [0.4, 0.5) is 0 Å². The molecule has 0 bridgehead atoms. The second kappa shape index (κ2) is 6.92. The topological polar surface area (TPSA) is 83.5 Å². The molecule has 2 heterocycles. The van der Waals surface area contributed by atoms with Gasteiger partial charge in [0.05, 0.1) is 6.26 Å². The normalized spacial score (nSPS) is 19.6. The van der Waals surface area contributed by atoms with Crippen LogP contribution in [0, 0.1) is 12.8 Å². The number of nitrogens with zero attached hydrogens (tertiary/aromatic N) is 4. The number of piperidine rings is 1. The third kappa shape index (κ3) is 4.71. The zero-order valence-corrected chi connectivity index (χ0v) is 14.9. The molecular weight excluding hydrogens is 316 g/mol. The first-order valence-electron chi connectivity index (χ1n) is 7.68. The molecule has 1 aromatic heterocycles. The molecule has 0 N–H and O–H groups in total. The fourth-order valence-corrected chi connectivity index (χ4v) is 3.81. The minimum Gasteiger partial charge on any atom is -0.343 e. The third-order valence-corrected chi connectivity index (χ3v) is 5.23. The molecule has 1 aliphatic rings. The number of rotatable bonds is 4. The van der Waals surface area contributed by atoms with Gasteiger partial charge >= 0.3 is 0 Å². The van der Waals surface area contributed by atoms with Gasteiger partial charge in [0, 0.05) is 32.9 Å². The van der Waals surface area contributed by atoms with Gasteiger partial charge in [-0.05, 0) is 38.2 Å². The molecule has 0 radical (unpaired) electrons. The molecule has 0 aliphatic carbocycles. The first kappa shape index (κ1) is 17.8. The Morgan fingerprint density at radius 2 is 2.09 bits per heavy atom. The Labute approximate surface area is 137 Å². The average molecular weight is 340 g/mol. The van der Waals surface area contributed by atoms with Gasteiger partial charge < -0.3 is 4.90 Å². The van der Waals surface area contributed by atoms with E-state index < -0.39 is 10.0 Å². The molecule has 1 saturated heterocycles. The molecule has 23 heavy (non-hydrogen) atoms. The zero-order valence-electron chi connectivity index (χ0n) is 14.1. The molecule has 1 atom stereocenters. The minimum absolute atomic E-state index is 0.154. The summed E-state index contributed by atoms with van der Waals surface area (Å²) in [5.41, 5.74) is 1.18. The Morgan fingerprint density at radius 3 is 2.70 bits per heavy atom. The van der Waals surface area contributed by atoms with E-state index in [0.29, 0.717) is 31.0 Å². The Bertz CT molecular complexity index is 688. The van der Waals surface area contributed by atoms with Crippen LogP contribution in [0.25, 0.3) is 0 Å². The van der Waals surface area contributed by atoms with Gasteiger partial charge in [-0.3, -0.25) is 4.79 Å². The highest BCUT2D eigenvalue weighted by Gasteiger charge is 2.26. The van der Waals surface area contributed by atoms with E-state index >= 15 is 0 Å². The first-order chi connectivity index (χ1) is 10.7. The van der Waals surface area contributed by atoms with Crippen molar-refractivity contribution >= 4 is 15.9 Å². The van der Waals surface area contributed by atoms with E-state index in [-0.39, 0.29) is 11.8 Å². The average Bonchev–Trinajstić information content (AvgIpc) is 2.45. The van der Waals surface area contributed by atoms with Crippen LogP contribution in [0.2, 0.25) is 0 Å². The van der Waals surface area contributed by atoms with Crippen molar-refractivity contribution in [1.29, 1.82) is 0 Å². The SMILES string of the molecule is Cc1nc(C[C@H]2CCCN(S(C)(=O)=O)C2)cc(C(=O)N(C)C)n1. The maximum Gasteiger partial charge on any atom is 0.272 e. The fourth-order valence-electron chi connectivity index (χ4n) is 2.86. The van der Waals surface area contributed by atoms with Gasteiger partial charge in [0.15, 0.2) is 0 Å². The van der Waals surface area contributed by atoms with Crippen molar-refractivity contribution in [1.82, 2.24) is 19.2 Å². The zero-order chi connectivity index (χ0) is 17.2. The van der Waals surface area contributed by atoms with E-state index in [1.165, 1.54) is 15.5 Å². The van der Waals surface area contributed by atoms with Crippen LogP contribution in [0.15, 0.2) is 6.07 Å². The van der Waals surface area contributed by atoms with Crippen LogP contribution >= 0.6 is 0 Å². The number of hydrogen-bond donors (Lipinski definition) is 0. The summed E-state index contributed by atoms with van der Waals surface area (Å²) in [5, 5.41) is 0. The summed E-state index contributed by atoms with van der Waals surface area (Å²) in [6.07, 6.45) is 3.72. The van der Waals surface area contributed by atoms with E-state index in [4.69, 9.17) is 0 Å². The number of amides is 1. The van der Waals surface area contributed by atoms with Crippen molar-refractivity contribution < 1.29 is 13.2 Å². The molecule has 1 fully saturated rings. The van der Waals surface area contributed by atoms with Gasteiger partial charge in [-0.25, -0.2) is 22.7 Å². The monoisotopic (exact) mass is 340 g/mol. The predicted molar refractivity (Wildman–Crippen MR) is 87.6 cm³/mol. The minimum atomic E-state index is -3.15. The maximum absolute atomic E-state index is 12.1. The quantitative estimate of drug-likeness (QED) is 0.806. The van der Waals surface area contributed by atoms with Crippen molar-refractivity contribution in [3.8, 4) is 0 Å². The maximum atomic E-state index is 12.1. The second-order valence-electron chi connectivity index (χ2n) is 6.32. The first-order valence-corrected chi connectivity index (χ1v) is 9.53. The van der Waals surface area contributed by atoms with Gasteiger partial charge in [-0.1, -0.05) is 0 Å². The smallest absolute Gasteiger partial charge is 0.272 e. The summed E-state index contributed by atoms with van der Waals surface area (Å²) in [4.78, 5) is 22.2. The highest BCUT2D eigenvalue weighted by atomic mass is 32.2. The van der Waals surface area contributed by atoms with Crippen LogP contribution in [0.1, 0.15) is 34.8 Å². The Kier molecular flexibility index (Phi) is 5.36. The third-order valence-electron chi connectivity index (χ3n) is 3.96. The highest BCUT2D eigenvalue weighted by molar-refractivity contribution is 7.88. The summed E-state index contributed by atoms with van der Waals surface area (Å²) < 4.78 is 24.9. The molecule has 128 valence electrons. The van der Waals surface area contributed by atoms with Crippen molar-refractivity contribution in [2.75, 3.05) is 33.4 Å². The number of sulfonamides is 1. The summed E-state index contributed by atoms with van der Waals surface area (Å²) in [5.74, 6) is 0.622. The van der Waals surface area contributed by atoms with Crippen LogP contribution in [-0.2, 0) is 16.4 Å². The molecule has 1 amide bonds. The van der Waals surface area contributed by atoms with E-state index in [1.807, 2.05) is 0 Å². The molecule has 8 heteroatoms. The second-order valence-corrected chi connectivity index (χ2v) is 8.31. The van der Waals surface area contributed by atoms with Crippen molar-refractivity contribution in [2.45, 2.75) is 26.2 Å². The molecule has 0 unspecified atom stereocenters. The van der Waals surface area contributed by atoms with E-state index in [1.54, 1.807) is 27.1 Å². The summed E-state index contributed by atoms with van der Waals surface area (Å²) >= 11 is 0. The van der Waals surface area contributed by atoms with Crippen molar-refractivity contribution in [2.24, 2.45) is 5.92 Å². The molecule has 0 aromatic carbocycles. The van der Waals surface area contributed by atoms with Crippen molar-refractivity contribution in [3.63, 3.8) is 0 Å². The molecular formula is C15H24N4O3S. The lowest BCUT2D eigenvalue weighted by atomic mass is 9.94. The summed E-state index contributed by atoms with van der Waals surface area (Å²) in [7, 11) is 0.218. The lowest BCUT2D eigenvalue weighted by molar-refractivity contribution is 0.0821. The molecule has 1 aromatic rings. The van der Waals surface area contributed by atoms with Crippen LogP contribution in [0.3, 0.4) is 0 Å². The lowest BCUT2D eigenvalue weighted by Crippen LogP contribution is -2.39. The Morgan fingerprint density at radius 1 is 1.39 bits per heavy atom. The lowest BCUT2D eigenvalue weighted by Gasteiger charge is -2.30. The predicted octanol–water partition coefficient (Wildman–Crippen LogP) is 0.701. The number of carbonyl (C=O) groups excluding carboxylic acids is 1. The van der Waals surface area contributed by atoms with E-state index in [2.05, 4.69) is 9.97 Å². The number of carbonyl (C=O) groups is 1. The fraction of sp³-hybridized carbons (Fsp3) is 0.667. The molecule has 2 rings (SSSR count). The van der Waals surface area contributed by atoms with Gasteiger partial charge in [-0.15, -0.1) is 0 Å². The molecule has 0 saturated carbocycles. The molecule has 0 spiro atoms. The van der Waals surface area contributed by atoms with Gasteiger partial charge in [0.2, 0.25) is 10.0 Å². The van der Waals surface area contributed by atoms with Crippen LogP contribution in [-0.4, -0.2) is 66.9 Å². The van der Waals surface area contributed by atoms with E-state index in [9.17, 15) is 13.2 Å². The standard InChI is InChI=1S/C15H24N4O3S/c1-11-16-13(9-14(17-11)15(20)18(2)3)8-12-6-5-7-19(10-12)23(4,21)22/h9,12H,5-8,10H2,1-4H3/t12-/m1/s1.